The van der Waals surface area contributed by atoms with Crippen LogP contribution in [0, 0.1) is 29.5 Å². The van der Waals surface area contributed by atoms with E-state index in [9.17, 15) is 4.39 Å². The maximum absolute atomic E-state index is 13.8. The molecule has 132 valence electrons. The van der Waals surface area contributed by atoms with E-state index in [1.165, 1.54) is 57.8 Å². The minimum Gasteiger partial charge on any atom is -0.262 e. The second-order valence-electron chi connectivity index (χ2n) is 8.28. The molecule has 0 N–H and O–H groups in total. The molecule has 2 fully saturated rings. The van der Waals surface area contributed by atoms with E-state index in [1.807, 2.05) is 6.07 Å². The van der Waals surface area contributed by atoms with Crippen LogP contribution in [0.5, 0.6) is 0 Å². The molecule has 0 saturated heterocycles. The first-order valence-electron chi connectivity index (χ1n) is 9.91. The Hall–Kier alpha value is -1.18. The van der Waals surface area contributed by atoms with E-state index in [0.29, 0.717) is 5.69 Å². The first kappa shape index (κ1) is 17.6. The van der Waals surface area contributed by atoms with Crippen LogP contribution in [0.15, 0.2) is 23.2 Å². The third-order valence-corrected chi connectivity index (χ3v) is 6.64. The van der Waals surface area contributed by atoms with Gasteiger partial charge in [-0.1, -0.05) is 38.7 Å². The fourth-order valence-corrected chi connectivity index (χ4v) is 4.91. The van der Waals surface area contributed by atoms with Gasteiger partial charge in [-0.15, -0.1) is 0 Å². The lowest BCUT2D eigenvalue weighted by Crippen LogP contribution is -2.25. The summed E-state index contributed by atoms with van der Waals surface area (Å²) in [5.74, 6) is 3.56. The number of aliphatic imine (C=N–C) groups is 1. The lowest BCUT2D eigenvalue weighted by Gasteiger charge is -2.37. The monoisotopic (exact) mass is 329 g/mol. The molecule has 0 aromatic heterocycles. The summed E-state index contributed by atoms with van der Waals surface area (Å²) < 4.78 is 13.8. The summed E-state index contributed by atoms with van der Waals surface area (Å²) in [4.78, 5) is 3.69. The first-order chi connectivity index (χ1) is 11.7. The Kier molecular flexibility index (Phi) is 6.08. The molecule has 0 atom stereocenters. The van der Waals surface area contributed by atoms with E-state index in [0.717, 1.165) is 35.7 Å². The highest BCUT2D eigenvalue weighted by Crippen LogP contribution is 2.42. The summed E-state index contributed by atoms with van der Waals surface area (Å²) in [6.45, 7) is 5.81. The molecule has 2 saturated carbocycles. The number of halogens is 1. The Balaban J connectivity index is 1.42. The molecule has 0 unspecified atom stereocenters. The van der Waals surface area contributed by atoms with Crippen LogP contribution in [0.25, 0.3) is 0 Å². The van der Waals surface area contributed by atoms with Gasteiger partial charge in [0.15, 0.2) is 0 Å². The third-order valence-electron chi connectivity index (χ3n) is 6.64. The standard InChI is InChI=1S/C22H32FN/c1-16-3-10-19(11-4-16)20-12-7-17(8-13-20)5-6-18-9-14-22(24-2)21(23)15-18/h9,14-17,19-20H,2-8,10-13H2,1H3. The van der Waals surface area contributed by atoms with Crippen molar-refractivity contribution in [1.29, 1.82) is 0 Å². The van der Waals surface area contributed by atoms with E-state index in [2.05, 4.69) is 18.6 Å². The van der Waals surface area contributed by atoms with Gasteiger partial charge >= 0.3 is 0 Å². The summed E-state index contributed by atoms with van der Waals surface area (Å²) >= 11 is 0. The molecule has 0 heterocycles. The average molecular weight is 330 g/mol. The van der Waals surface area contributed by atoms with Crippen molar-refractivity contribution in [3.8, 4) is 0 Å². The van der Waals surface area contributed by atoms with Gasteiger partial charge in [-0.2, -0.15) is 0 Å². The smallest absolute Gasteiger partial charge is 0.149 e. The highest BCUT2D eigenvalue weighted by Gasteiger charge is 2.29. The second-order valence-corrected chi connectivity index (χ2v) is 8.28. The molecule has 0 aliphatic heterocycles. The zero-order valence-electron chi connectivity index (χ0n) is 15.1. The SMILES string of the molecule is C=Nc1ccc(CCC2CCC(C3CCC(C)CC3)CC2)cc1F. The Labute approximate surface area is 146 Å². The summed E-state index contributed by atoms with van der Waals surface area (Å²) in [7, 11) is 0. The summed E-state index contributed by atoms with van der Waals surface area (Å²) in [5, 5.41) is 0. The fraction of sp³-hybridized carbons (Fsp3) is 0.682. The van der Waals surface area contributed by atoms with Crippen LogP contribution in [0.1, 0.15) is 70.3 Å². The maximum atomic E-state index is 13.8. The summed E-state index contributed by atoms with van der Waals surface area (Å²) in [6, 6.07) is 5.39. The van der Waals surface area contributed by atoms with Gasteiger partial charge in [-0.05, 0) is 86.6 Å². The van der Waals surface area contributed by atoms with Crippen LogP contribution in [0.2, 0.25) is 0 Å². The van der Waals surface area contributed by atoms with Crippen molar-refractivity contribution in [2.45, 2.75) is 71.1 Å². The minimum absolute atomic E-state index is 0.238. The molecule has 0 bridgehead atoms. The lowest BCUT2D eigenvalue weighted by atomic mass is 9.69. The molecule has 0 radical (unpaired) electrons. The molecule has 2 aliphatic rings. The van der Waals surface area contributed by atoms with Gasteiger partial charge in [0, 0.05) is 0 Å². The van der Waals surface area contributed by atoms with Gasteiger partial charge in [-0.25, -0.2) is 4.39 Å². The number of rotatable bonds is 5. The second kappa shape index (κ2) is 8.27. The van der Waals surface area contributed by atoms with Gasteiger partial charge in [0.2, 0.25) is 0 Å². The van der Waals surface area contributed by atoms with E-state index in [-0.39, 0.29) is 5.82 Å². The summed E-state index contributed by atoms with van der Waals surface area (Å²) in [5.41, 5.74) is 1.46. The molecule has 2 heteroatoms. The van der Waals surface area contributed by atoms with Crippen LogP contribution in [-0.2, 0) is 6.42 Å². The lowest BCUT2D eigenvalue weighted by molar-refractivity contribution is 0.148. The zero-order chi connectivity index (χ0) is 16.9. The van der Waals surface area contributed by atoms with Crippen molar-refractivity contribution in [2.75, 3.05) is 0 Å². The third kappa shape index (κ3) is 4.46. The van der Waals surface area contributed by atoms with Gasteiger partial charge in [0.1, 0.15) is 5.82 Å². The maximum Gasteiger partial charge on any atom is 0.149 e. The fourth-order valence-electron chi connectivity index (χ4n) is 4.91. The van der Waals surface area contributed by atoms with Gasteiger partial charge in [0.25, 0.3) is 0 Å². The van der Waals surface area contributed by atoms with Gasteiger partial charge in [-0.3, -0.25) is 4.99 Å². The van der Waals surface area contributed by atoms with Gasteiger partial charge < -0.3 is 0 Å². The van der Waals surface area contributed by atoms with E-state index in [1.54, 1.807) is 12.1 Å². The van der Waals surface area contributed by atoms with Crippen molar-refractivity contribution >= 4 is 12.4 Å². The predicted octanol–water partition coefficient (Wildman–Crippen LogP) is 6.72. The Morgan fingerprint density at radius 2 is 1.62 bits per heavy atom. The molecule has 3 rings (SSSR count). The molecule has 2 aliphatic carbocycles. The molecule has 1 aromatic rings. The molecule has 24 heavy (non-hydrogen) atoms. The Morgan fingerprint density at radius 1 is 1.00 bits per heavy atom. The van der Waals surface area contributed by atoms with Crippen LogP contribution in [0.4, 0.5) is 10.1 Å². The summed E-state index contributed by atoms with van der Waals surface area (Å²) in [6.07, 6.45) is 13.7. The largest absolute Gasteiger partial charge is 0.262 e. The average Bonchev–Trinajstić information content (AvgIpc) is 2.61. The normalized spacial score (nSPS) is 30.9. The van der Waals surface area contributed by atoms with Crippen LogP contribution >= 0.6 is 0 Å². The predicted molar refractivity (Wildman–Crippen MR) is 101 cm³/mol. The molecule has 1 nitrogen and oxygen atoms in total. The molecule has 0 spiro atoms. The van der Waals surface area contributed by atoms with E-state index >= 15 is 0 Å². The first-order valence-corrected chi connectivity index (χ1v) is 9.91. The number of benzene rings is 1. The van der Waals surface area contributed by atoms with Crippen LogP contribution in [0.3, 0.4) is 0 Å². The number of hydrogen-bond acceptors (Lipinski definition) is 1. The van der Waals surface area contributed by atoms with E-state index in [4.69, 9.17) is 0 Å². The number of nitrogens with zero attached hydrogens (tertiary/aromatic N) is 1. The van der Waals surface area contributed by atoms with Crippen molar-refractivity contribution in [3.05, 3.63) is 29.6 Å². The topological polar surface area (TPSA) is 12.4 Å². The van der Waals surface area contributed by atoms with Crippen LogP contribution < -0.4 is 0 Å². The van der Waals surface area contributed by atoms with E-state index < -0.39 is 0 Å². The Morgan fingerprint density at radius 3 is 2.21 bits per heavy atom. The quantitative estimate of drug-likeness (QED) is 0.531. The number of hydrogen-bond donors (Lipinski definition) is 0. The molecule has 0 amide bonds. The molecular formula is C22H32FN. The highest BCUT2D eigenvalue weighted by atomic mass is 19.1. The molecule has 1 aromatic carbocycles. The van der Waals surface area contributed by atoms with Gasteiger partial charge in [0.05, 0.1) is 5.69 Å². The minimum atomic E-state index is -0.238. The molecular weight excluding hydrogens is 297 g/mol. The van der Waals surface area contributed by atoms with Crippen LogP contribution in [-0.4, -0.2) is 6.72 Å². The zero-order valence-corrected chi connectivity index (χ0v) is 15.1. The van der Waals surface area contributed by atoms with Crippen molar-refractivity contribution in [2.24, 2.45) is 28.7 Å². The highest BCUT2D eigenvalue weighted by molar-refractivity contribution is 5.47. The van der Waals surface area contributed by atoms with Crippen molar-refractivity contribution in [3.63, 3.8) is 0 Å². The van der Waals surface area contributed by atoms with Crippen molar-refractivity contribution < 1.29 is 4.39 Å². The van der Waals surface area contributed by atoms with Crippen molar-refractivity contribution in [1.82, 2.24) is 0 Å². The Bertz CT molecular complexity index is 537. The number of aryl methyl sites for hydroxylation is 1.